The second-order valence-electron chi connectivity index (χ2n) is 2.45. The van der Waals surface area contributed by atoms with Crippen molar-refractivity contribution in [2.45, 2.75) is 13.8 Å². The van der Waals surface area contributed by atoms with Gasteiger partial charge in [0.2, 0.25) is 5.82 Å². The van der Waals surface area contributed by atoms with Crippen molar-refractivity contribution in [3.05, 3.63) is 21.8 Å². The Morgan fingerprint density at radius 2 is 2.15 bits per heavy atom. The third-order valence-corrected chi connectivity index (χ3v) is 1.90. The van der Waals surface area contributed by atoms with Crippen LogP contribution in [-0.4, -0.2) is 18.1 Å². The number of hydrogen-bond donors (Lipinski definition) is 0. The predicted molar refractivity (Wildman–Crippen MR) is 51.3 cm³/mol. The van der Waals surface area contributed by atoms with Crippen molar-refractivity contribution in [3.63, 3.8) is 0 Å². The summed E-state index contributed by atoms with van der Waals surface area (Å²) in [6.07, 6.45) is 1.14. The first-order valence-electron chi connectivity index (χ1n) is 4.09. The first-order chi connectivity index (χ1) is 6.19. The first kappa shape index (κ1) is 10.1. The topological polar surface area (TPSA) is 46.3 Å². The van der Waals surface area contributed by atoms with Crippen LogP contribution in [0.4, 0.5) is 5.82 Å². The third kappa shape index (κ3) is 2.21. The van der Waals surface area contributed by atoms with Gasteiger partial charge in [0, 0.05) is 13.1 Å². The Morgan fingerprint density at radius 3 is 2.69 bits per heavy atom. The van der Waals surface area contributed by atoms with Crippen LogP contribution >= 0.6 is 11.6 Å². The van der Waals surface area contributed by atoms with Crippen molar-refractivity contribution < 1.29 is 4.42 Å². The van der Waals surface area contributed by atoms with Gasteiger partial charge in [-0.25, -0.2) is 9.78 Å². The van der Waals surface area contributed by atoms with Gasteiger partial charge in [-0.2, -0.15) is 0 Å². The van der Waals surface area contributed by atoms with Gasteiger partial charge in [-0.1, -0.05) is 11.6 Å². The monoisotopic (exact) mass is 202 g/mol. The zero-order valence-corrected chi connectivity index (χ0v) is 8.34. The van der Waals surface area contributed by atoms with E-state index >= 15 is 0 Å². The maximum atomic E-state index is 11.2. The number of nitrogens with zero attached hydrogens (tertiary/aromatic N) is 2. The minimum atomic E-state index is -0.451. The Bertz CT molecular complexity index is 333. The molecule has 0 aliphatic rings. The molecular formula is C8H11ClN2O2. The second-order valence-corrected chi connectivity index (χ2v) is 2.84. The largest absolute Gasteiger partial charge is 0.425 e. The van der Waals surface area contributed by atoms with Gasteiger partial charge in [0.1, 0.15) is 6.26 Å². The molecule has 0 aromatic carbocycles. The van der Waals surface area contributed by atoms with Crippen LogP contribution in [-0.2, 0) is 0 Å². The lowest BCUT2D eigenvalue weighted by Crippen LogP contribution is -2.28. The fourth-order valence-electron chi connectivity index (χ4n) is 1.05. The number of aromatic nitrogens is 1. The van der Waals surface area contributed by atoms with Crippen molar-refractivity contribution in [2.24, 2.45) is 0 Å². The summed E-state index contributed by atoms with van der Waals surface area (Å²) in [5.74, 6) is 0.275. The number of halogens is 1. The van der Waals surface area contributed by atoms with Crippen molar-refractivity contribution in [1.29, 1.82) is 0 Å². The second kappa shape index (κ2) is 4.28. The molecule has 0 aliphatic carbocycles. The maximum absolute atomic E-state index is 11.2. The van der Waals surface area contributed by atoms with Gasteiger partial charge in [-0.15, -0.1) is 0 Å². The molecule has 4 nitrogen and oxygen atoms in total. The van der Waals surface area contributed by atoms with Crippen molar-refractivity contribution in [1.82, 2.24) is 4.98 Å². The van der Waals surface area contributed by atoms with E-state index in [1.165, 1.54) is 0 Å². The fourth-order valence-corrected chi connectivity index (χ4v) is 1.18. The Balaban J connectivity index is 3.11. The first-order valence-corrected chi connectivity index (χ1v) is 4.47. The average molecular weight is 203 g/mol. The van der Waals surface area contributed by atoms with Crippen LogP contribution in [0.2, 0.25) is 5.15 Å². The maximum Gasteiger partial charge on any atom is 0.379 e. The third-order valence-electron chi connectivity index (χ3n) is 1.72. The molecule has 0 saturated carbocycles. The van der Waals surface area contributed by atoms with Gasteiger partial charge in [-0.05, 0) is 13.8 Å². The smallest absolute Gasteiger partial charge is 0.379 e. The van der Waals surface area contributed by atoms with Gasteiger partial charge in [0.05, 0.1) is 0 Å². The summed E-state index contributed by atoms with van der Waals surface area (Å²) in [6, 6.07) is 0. The van der Waals surface area contributed by atoms with E-state index in [0.717, 1.165) is 6.26 Å². The molecule has 0 radical (unpaired) electrons. The Kier molecular flexibility index (Phi) is 3.31. The van der Waals surface area contributed by atoms with Crippen molar-refractivity contribution >= 4 is 17.4 Å². The molecule has 0 spiro atoms. The lowest BCUT2D eigenvalue weighted by Gasteiger charge is -2.17. The van der Waals surface area contributed by atoms with Gasteiger partial charge < -0.3 is 9.32 Å². The van der Waals surface area contributed by atoms with Gasteiger partial charge in [0.15, 0.2) is 5.15 Å². The molecule has 0 N–H and O–H groups in total. The van der Waals surface area contributed by atoms with Gasteiger partial charge >= 0.3 is 5.63 Å². The summed E-state index contributed by atoms with van der Waals surface area (Å²) in [5.41, 5.74) is -0.451. The molecule has 13 heavy (non-hydrogen) atoms. The molecule has 1 rings (SSSR count). The number of hydrogen-bond acceptors (Lipinski definition) is 4. The molecule has 0 aliphatic heterocycles. The van der Waals surface area contributed by atoms with E-state index in [1.807, 2.05) is 13.8 Å². The standard InChI is InChI=1S/C8H11ClN2O2/c1-3-11(4-2)7-8(12)13-5-6(9)10-7/h5H,3-4H2,1-2H3. The van der Waals surface area contributed by atoms with Gasteiger partial charge in [-0.3, -0.25) is 0 Å². The highest BCUT2D eigenvalue weighted by atomic mass is 35.5. The Hall–Kier alpha value is -1.03. The number of anilines is 1. The summed E-state index contributed by atoms with van der Waals surface area (Å²) in [4.78, 5) is 16.9. The quantitative estimate of drug-likeness (QED) is 0.746. The highest BCUT2D eigenvalue weighted by Gasteiger charge is 2.10. The van der Waals surface area contributed by atoms with E-state index in [2.05, 4.69) is 9.40 Å². The minimum absolute atomic E-state index is 0.196. The molecule has 0 bridgehead atoms. The van der Waals surface area contributed by atoms with E-state index in [9.17, 15) is 4.79 Å². The van der Waals surface area contributed by atoms with Crippen LogP contribution in [0.5, 0.6) is 0 Å². The van der Waals surface area contributed by atoms with E-state index in [1.54, 1.807) is 4.90 Å². The highest BCUT2D eigenvalue weighted by Crippen LogP contribution is 2.08. The molecule has 1 aromatic rings. The normalized spacial score (nSPS) is 10.1. The van der Waals surface area contributed by atoms with Crippen molar-refractivity contribution in [2.75, 3.05) is 18.0 Å². The summed E-state index contributed by atoms with van der Waals surface area (Å²) < 4.78 is 4.68. The van der Waals surface area contributed by atoms with Crippen LogP contribution in [0.3, 0.4) is 0 Å². The minimum Gasteiger partial charge on any atom is -0.425 e. The van der Waals surface area contributed by atoms with Crippen LogP contribution in [0.1, 0.15) is 13.8 Å². The molecule has 1 aromatic heterocycles. The summed E-state index contributed by atoms with van der Waals surface area (Å²) in [6.45, 7) is 5.28. The zero-order chi connectivity index (χ0) is 9.84. The molecule has 0 saturated heterocycles. The van der Waals surface area contributed by atoms with Crippen LogP contribution < -0.4 is 10.5 Å². The Labute approximate surface area is 81.1 Å². The lowest BCUT2D eigenvalue weighted by atomic mass is 10.5. The van der Waals surface area contributed by atoms with Crippen LogP contribution in [0.15, 0.2) is 15.5 Å². The predicted octanol–water partition coefficient (Wildman–Crippen LogP) is 1.53. The average Bonchev–Trinajstić information content (AvgIpc) is 2.13. The molecule has 0 atom stereocenters. The highest BCUT2D eigenvalue weighted by molar-refractivity contribution is 6.29. The summed E-state index contributed by atoms with van der Waals surface area (Å²) in [5, 5.41) is 0.196. The summed E-state index contributed by atoms with van der Waals surface area (Å²) >= 11 is 5.60. The molecule has 0 unspecified atom stereocenters. The molecule has 5 heteroatoms. The molecule has 0 fully saturated rings. The van der Waals surface area contributed by atoms with E-state index < -0.39 is 5.63 Å². The van der Waals surface area contributed by atoms with Crippen LogP contribution in [0.25, 0.3) is 0 Å². The fraction of sp³-hybridized carbons (Fsp3) is 0.500. The van der Waals surface area contributed by atoms with E-state index in [4.69, 9.17) is 11.6 Å². The SMILES string of the molecule is CCN(CC)c1nc(Cl)coc1=O. The number of rotatable bonds is 3. The van der Waals surface area contributed by atoms with Crippen LogP contribution in [0, 0.1) is 0 Å². The lowest BCUT2D eigenvalue weighted by molar-refractivity contribution is 0.500. The van der Waals surface area contributed by atoms with E-state index in [0.29, 0.717) is 13.1 Å². The molecular weight excluding hydrogens is 192 g/mol. The van der Waals surface area contributed by atoms with E-state index in [-0.39, 0.29) is 11.0 Å². The van der Waals surface area contributed by atoms with Gasteiger partial charge in [0.25, 0.3) is 0 Å². The molecule has 0 amide bonds. The molecule has 1 heterocycles. The summed E-state index contributed by atoms with van der Waals surface area (Å²) in [7, 11) is 0. The Morgan fingerprint density at radius 1 is 1.54 bits per heavy atom. The zero-order valence-electron chi connectivity index (χ0n) is 7.58. The van der Waals surface area contributed by atoms with Crippen molar-refractivity contribution in [3.8, 4) is 0 Å². The molecule has 72 valence electrons.